The smallest absolute Gasteiger partial charge is 0.224 e. The molecular formula is C23H27F2N5O. The Hall–Kier alpha value is -3.55. The third kappa shape index (κ3) is 8.00. The molecule has 0 aliphatic heterocycles. The van der Waals surface area contributed by atoms with Crippen LogP contribution in [0, 0.1) is 11.6 Å². The molecule has 0 amide bonds. The lowest BCUT2D eigenvalue weighted by molar-refractivity contribution is 0.419. The van der Waals surface area contributed by atoms with E-state index in [2.05, 4.69) is 25.6 Å². The first-order valence-electron chi connectivity index (χ1n) is 9.90. The van der Waals surface area contributed by atoms with E-state index in [-0.39, 0.29) is 17.7 Å². The van der Waals surface area contributed by atoms with Crippen LogP contribution in [0.15, 0.2) is 60.9 Å². The molecule has 0 unspecified atom stereocenters. The van der Waals surface area contributed by atoms with Gasteiger partial charge in [-0.25, -0.2) is 18.7 Å². The molecular weight excluding hydrogens is 400 g/mol. The summed E-state index contributed by atoms with van der Waals surface area (Å²) in [5, 5.41) is 6.29. The third-order valence-electron chi connectivity index (χ3n) is 3.81. The van der Waals surface area contributed by atoms with Crippen molar-refractivity contribution in [3.8, 4) is 11.6 Å². The monoisotopic (exact) mass is 427 g/mol. The second kappa shape index (κ2) is 12.2. The van der Waals surface area contributed by atoms with Gasteiger partial charge < -0.3 is 15.4 Å². The van der Waals surface area contributed by atoms with Crippen molar-refractivity contribution in [2.45, 2.75) is 40.3 Å². The summed E-state index contributed by atoms with van der Waals surface area (Å²) >= 11 is 0. The number of pyridine rings is 1. The normalized spacial score (nSPS) is 10.5. The summed E-state index contributed by atoms with van der Waals surface area (Å²) in [4.78, 5) is 12.7. The Morgan fingerprint density at radius 1 is 1.03 bits per heavy atom. The molecule has 3 aromatic rings. The molecule has 0 aliphatic carbocycles. The highest BCUT2D eigenvalue weighted by Gasteiger charge is 2.11. The van der Waals surface area contributed by atoms with Crippen molar-refractivity contribution < 1.29 is 13.5 Å². The Balaban J connectivity index is 0.000000785. The van der Waals surface area contributed by atoms with E-state index in [0.29, 0.717) is 23.9 Å². The number of anilines is 2. The number of hydrogen-bond donors (Lipinski definition) is 2. The lowest BCUT2D eigenvalue weighted by Crippen LogP contribution is -2.12. The average Bonchev–Trinajstić information content (AvgIpc) is 2.75. The summed E-state index contributed by atoms with van der Waals surface area (Å²) in [6.45, 7) is 8.35. The van der Waals surface area contributed by atoms with Gasteiger partial charge in [0, 0.05) is 36.6 Å². The number of allylic oxidation sites excluding steroid dienone is 2. The standard InChI is InChI=1S/C19H19F2N5O.C4H8/c1-12(2)25-17-7-9-23-19(26-17)24-11-13-4-3-8-22-18(13)27-16-6-5-14(20)10-15(16)21;1-3-4-2/h3-10,12H,11H2,1-2H3,(H2,23,24,25,26);3-4H,1-2H3/b;4-3-. The van der Waals surface area contributed by atoms with Crippen molar-refractivity contribution >= 4 is 11.8 Å². The minimum absolute atomic E-state index is 0.101. The lowest BCUT2D eigenvalue weighted by atomic mass is 10.2. The number of hydrogen-bond acceptors (Lipinski definition) is 6. The minimum Gasteiger partial charge on any atom is -0.436 e. The Morgan fingerprint density at radius 3 is 2.48 bits per heavy atom. The topological polar surface area (TPSA) is 72.0 Å². The van der Waals surface area contributed by atoms with Gasteiger partial charge in [-0.2, -0.15) is 4.98 Å². The van der Waals surface area contributed by atoms with Crippen molar-refractivity contribution in [2.24, 2.45) is 0 Å². The van der Waals surface area contributed by atoms with E-state index in [0.717, 1.165) is 12.1 Å². The Bertz CT molecular complexity index is 991. The van der Waals surface area contributed by atoms with Gasteiger partial charge in [0.2, 0.25) is 11.8 Å². The number of halogens is 2. The highest BCUT2D eigenvalue weighted by molar-refractivity contribution is 5.41. The van der Waals surface area contributed by atoms with Gasteiger partial charge in [0.15, 0.2) is 11.6 Å². The van der Waals surface area contributed by atoms with E-state index in [1.54, 1.807) is 24.4 Å². The van der Waals surface area contributed by atoms with Crippen LogP contribution in [0.25, 0.3) is 0 Å². The molecule has 0 fully saturated rings. The molecule has 0 spiro atoms. The summed E-state index contributed by atoms with van der Waals surface area (Å²) in [5.41, 5.74) is 0.673. The van der Waals surface area contributed by atoms with Crippen LogP contribution in [0.4, 0.5) is 20.5 Å². The first-order chi connectivity index (χ1) is 14.9. The van der Waals surface area contributed by atoms with E-state index in [1.807, 2.05) is 39.8 Å². The number of nitrogens with zero attached hydrogens (tertiary/aromatic N) is 3. The first kappa shape index (κ1) is 23.7. The fourth-order valence-corrected chi connectivity index (χ4v) is 2.31. The van der Waals surface area contributed by atoms with E-state index in [1.165, 1.54) is 12.3 Å². The molecule has 8 heteroatoms. The van der Waals surface area contributed by atoms with E-state index in [4.69, 9.17) is 4.74 Å². The SMILES string of the molecule is C/C=C\C.CC(C)Nc1ccnc(NCc2cccnc2Oc2ccc(F)cc2F)n1. The fourth-order valence-electron chi connectivity index (χ4n) is 2.31. The number of benzene rings is 1. The summed E-state index contributed by atoms with van der Waals surface area (Å²) < 4.78 is 32.4. The second-order valence-electron chi connectivity index (χ2n) is 6.73. The van der Waals surface area contributed by atoms with Gasteiger partial charge in [0.1, 0.15) is 11.6 Å². The predicted octanol–water partition coefficient (Wildman–Crippen LogP) is 5.96. The maximum Gasteiger partial charge on any atom is 0.224 e. The quantitative estimate of drug-likeness (QED) is 0.454. The number of nitrogens with one attached hydrogen (secondary N) is 2. The maximum atomic E-state index is 13.8. The highest BCUT2D eigenvalue weighted by Crippen LogP contribution is 2.26. The molecule has 6 nitrogen and oxygen atoms in total. The molecule has 2 aromatic heterocycles. The van der Waals surface area contributed by atoms with Gasteiger partial charge in [0.05, 0.1) is 0 Å². The zero-order valence-corrected chi connectivity index (χ0v) is 18.1. The Kier molecular flexibility index (Phi) is 9.35. The Labute approximate surface area is 181 Å². The predicted molar refractivity (Wildman–Crippen MR) is 119 cm³/mol. The van der Waals surface area contributed by atoms with Crippen molar-refractivity contribution in [1.82, 2.24) is 15.0 Å². The van der Waals surface area contributed by atoms with Crippen LogP contribution in [-0.4, -0.2) is 21.0 Å². The minimum atomic E-state index is -0.796. The van der Waals surface area contributed by atoms with Crippen LogP contribution in [0.3, 0.4) is 0 Å². The number of rotatable bonds is 7. The molecule has 1 aromatic carbocycles. The van der Waals surface area contributed by atoms with Crippen LogP contribution in [0.5, 0.6) is 11.6 Å². The third-order valence-corrected chi connectivity index (χ3v) is 3.81. The molecule has 3 rings (SSSR count). The van der Waals surface area contributed by atoms with Gasteiger partial charge in [-0.3, -0.25) is 0 Å². The molecule has 31 heavy (non-hydrogen) atoms. The largest absolute Gasteiger partial charge is 0.436 e. The highest BCUT2D eigenvalue weighted by atomic mass is 19.1. The van der Waals surface area contributed by atoms with Crippen molar-refractivity contribution in [3.63, 3.8) is 0 Å². The zero-order valence-electron chi connectivity index (χ0n) is 18.1. The van der Waals surface area contributed by atoms with Crippen molar-refractivity contribution in [1.29, 1.82) is 0 Å². The summed E-state index contributed by atoms with van der Waals surface area (Å²) in [6.07, 6.45) is 7.18. The zero-order chi connectivity index (χ0) is 22.6. The molecule has 164 valence electrons. The van der Waals surface area contributed by atoms with E-state index >= 15 is 0 Å². The second-order valence-corrected chi connectivity index (χ2v) is 6.73. The Morgan fingerprint density at radius 2 is 1.81 bits per heavy atom. The van der Waals surface area contributed by atoms with Gasteiger partial charge in [-0.1, -0.05) is 18.2 Å². The molecule has 0 bridgehead atoms. The van der Waals surface area contributed by atoms with Crippen molar-refractivity contribution in [3.05, 3.63) is 78.1 Å². The summed E-state index contributed by atoms with van der Waals surface area (Å²) in [7, 11) is 0. The van der Waals surface area contributed by atoms with Gasteiger partial charge >= 0.3 is 0 Å². The average molecular weight is 427 g/mol. The molecule has 0 aliphatic rings. The lowest BCUT2D eigenvalue weighted by Gasteiger charge is -2.12. The maximum absolute atomic E-state index is 13.8. The van der Waals surface area contributed by atoms with Crippen LogP contribution in [0.1, 0.15) is 33.3 Å². The van der Waals surface area contributed by atoms with Crippen LogP contribution >= 0.6 is 0 Å². The number of aromatic nitrogens is 3. The van der Waals surface area contributed by atoms with Crippen LogP contribution in [0.2, 0.25) is 0 Å². The molecule has 0 atom stereocenters. The molecule has 2 heterocycles. The van der Waals surface area contributed by atoms with E-state index < -0.39 is 11.6 Å². The van der Waals surface area contributed by atoms with Gasteiger partial charge in [0.25, 0.3) is 0 Å². The molecule has 0 radical (unpaired) electrons. The summed E-state index contributed by atoms with van der Waals surface area (Å²) in [5.74, 6) is -0.213. The van der Waals surface area contributed by atoms with Gasteiger partial charge in [-0.15, -0.1) is 0 Å². The van der Waals surface area contributed by atoms with E-state index in [9.17, 15) is 8.78 Å². The molecule has 0 saturated heterocycles. The van der Waals surface area contributed by atoms with Gasteiger partial charge in [-0.05, 0) is 52.0 Å². The van der Waals surface area contributed by atoms with Crippen LogP contribution < -0.4 is 15.4 Å². The van der Waals surface area contributed by atoms with Crippen molar-refractivity contribution in [2.75, 3.05) is 10.6 Å². The fraction of sp³-hybridized carbons (Fsp3) is 0.261. The molecule has 0 saturated carbocycles. The summed E-state index contributed by atoms with van der Waals surface area (Å²) in [6, 6.07) is 8.66. The van der Waals surface area contributed by atoms with Crippen LogP contribution in [-0.2, 0) is 6.54 Å². The number of ether oxygens (including phenoxy) is 1. The molecule has 2 N–H and O–H groups in total. The first-order valence-corrected chi connectivity index (χ1v) is 9.90.